The summed E-state index contributed by atoms with van der Waals surface area (Å²) in [6.07, 6.45) is 0. The molecule has 0 aliphatic heterocycles. The minimum Gasteiger partial charge on any atom is -0.497 e. The number of anilines is 1. The first-order valence-corrected chi connectivity index (χ1v) is 10.6. The van der Waals surface area contributed by atoms with E-state index < -0.39 is 27.8 Å². The largest absolute Gasteiger partial charge is 0.497 e. The van der Waals surface area contributed by atoms with Crippen LogP contribution < -0.4 is 20.3 Å². The number of carbonyl (C=O) groups excluding carboxylic acids is 1. The van der Waals surface area contributed by atoms with Crippen LogP contribution in [0.3, 0.4) is 0 Å². The lowest BCUT2D eigenvalue weighted by molar-refractivity contribution is -0.117. The predicted octanol–water partition coefficient (Wildman–Crippen LogP) is 2.04. The number of benzene rings is 2. The van der Waals surface area contributed by atoms with Crippen molar-refractivity contribution in [3.05, 3.63) is 70.5 Å². The highest BCUT2D eigenvalue weighted by Crippen LogP contribution is 2.29. The Morgan fingerprint density at radius 3 is 2.52 bits per heavy atom. The molecule has 10 heteroatoms. The van der Waals surface area contributed by atoms with Gasteiger partial charge in [-0.3, -0.25) is 9.59 Å². The van der Waals surface area contributed by atoms with Crippen molar-refractivity contribution in [3.8, 4) is 11.5 Å². The van der Waals surface area contributed by atoms with E-state index in [0.717, 1.165) is 22.4 Å². The molecule has 0 fully saturated rings. The fourth-order valence-corrected chi connectivity index (χ4v) is 4.11. The number of hydrogen-bond donors (Lipinski definition) is 1. The Labute approximate surface area is 179 Å². The smallest absolute Gasteiger partial charge is 0.267 e. The van der Waals surface area contributed by atoms with E-state index in [4.69, 9.17) is 9.47 Å². The van der Waals surface area contributed by atoms with Gasteiger partial charge in [0, 0.05) is 12.1 Å². The Kier molecular flexibility index (Phi) is 6.40. The van der Waals surface area contributed by atoms with E-state index in [0.29, 0.717) is 17.2 Å². The van der Waals surface area contributed by atoms with E-state index >= 15 is 0 Å². The van der Waals surface area contributed by atoms with Gasteiger partial charge in [-0.2, -0.15) is 5.10 Å². The number of sulfone groups is 1. The van der Waals surface area contributed by atoms with Crippen molar-refractivity contribution in [2.45, 2.75) is 23.4 Å². The Hall–Kier alpha value is -3.66. The van der Waals surface area contributed by atoms with Crippen LogP contribution in [0, 0.1) is 6.92 Å². The van der Waals surface area contributed by atoms with Crippen LogP contribution in [-0.2, 0) is 21.2 Å². The molecule has 0 atom stereocenters. The minimum absolute atomic E-state index is 0.0534. The van der Waals surface area contributed by atoms with Gasteiger partial charge in [-0.1, -0.05) is 12.1 Å². The summed E-state index contributed by atoms with van der Waals surface area (Å²) in [4.78, 5) is 24.7. The van der Waals surface area contributed by atoms with Crippen LogP contribution in [0.5, 0.6) is 11.5 Å². The molecule has 0 bridgehead atoms. The zero-order valence-electron chi connectivity index (χ0n) is 17.2. The normalized spacial score (nSPS) is 11.1. The standard InChI is InChI=1S/C21H21N3O6S/c1-14-5-4-6-16(11-14)31(27,28)20-9-10-21(26)24(23-20)13-19(25)22-17-8-7-15(29-2)12-18(17)30-3/h4-12H,13H2,1-3H3,(H,22,25). The lowest BCUT2D eigenvalue weighted by Gasteiger charge is -2.12. The van der Waals surface area contributed by atoms with Gasteiger partial charge in [-0.25, -0.2) is 13.1 Å². The molecule has 2 aromatic carbocycles. The van der Waals surface area contributed by atoms with Crippen molar-refractivity contribution in [1.29, 1.82) is 0 Å². The summed E-state index contributed by atoms with van der Waals surface area (Å²) in [6.45, 7) is 1.29. The second-order valence-electron chi connectivity index (χ2n) is 6.60. The molecule has 1 N–H and O–H groups in total. The number of carbonyl (C=O) groups is 1. The molecule has 162 valence electrons. The van der Waals surface area contributed by atoms with Crippen LogP contribution in [0.2, 0.25) is 0 Å². The quantitative estimate of drug-likeness (QED) is 0.594. The highest BCUT2D eigenvalue weighted by Gasteiger charge is 2.21. The van der Waals surface area contributed by atoms with Crippen molar-refractivity contribution < 1.29 is 22.7 Å². The van der Waals surface area contributed by atoms with Crippen LogP contribution in [0.4, 0.5) is 5.69 Å². The molecule has 0 aliphatic carbocycles. The molecule has 3 aromatic rings. The first-order valence-electron chi connectivity index (χ1n) is 9.16. The molecule has 31 heavy (non-hydrogen) atoms. The number of nitrogens with one attached hydrogen (secondary N) is 1. The summed E-state index contributed by atoms with van der Waals surface area (Å²) >= 11 is 0. The number of rotatable bonds is 7. The van der Waals surface area contributed by atoms with Gasteiger partial charge in [0.25, 0.3) is 5.56 Å². The Balaban J connectivity index is 1.86. The molecule has 0 unspecified atom stereocenters. The zero-order valence-corrected chi connectivity index (χ0v) is 18.0. The molecule has 9 nitrogen and oxygen atoms in total. The second-order valence-corrected chi connectivity index (χ2v) is 8.50. The average molecular weight is 443 g/mol. The Morgan fingerprint density at radius 1 is 1.06 bits per heavy atom. The SMILES string of the molecule is COc1ccc(NC(=O)Cn2nc(S(=O)(=O)c3cccc(C)c3)ccc2=O)c(OC)c1. The number of aryl methyl sites for hydroxylation is 1. The maximum absolute atomic E-state index is 12.9. The number of methoxy groups -OCH3 is 2. The van der Waals surface area contributed by atoms with Crippen LogP contribution in [0.25, 0.3) is 0 Å². The van der Waals surface area contributed by atoms with E-state index in [1.165, 1.54) is 26.4 Å². The van der Waals surface area contributed by atoms with Crippen LogP contribution in [0.15, 0.2) is 69.3 Å². The maximum Gasteiger partial charge on any atom is 0.267 e. The van der Waals surface area contributed by atoms with E-state index in [2.05, 4.69) is 10.4 Å². The summed E-state index contributed by atoms with van der Waals surface area (Å²) in [7, 11) is -1.01. The fourth-order valence-electron chi connectivity index (χ4n) is 2.82. The topological polar surface area (TPSA) is 117 Å². The maximum atomic E-state index is 12.9. The van der Waals surface area contributed by atoms with Gasteiger partial charge in [0.2, 0.25) is 15.7 Å². The van der Waals surface area contributed by atoms with Crippen molar-refractivity contribution in [1.82, 2.24) is 9.78 Å². The van der Waals surface area contributed by atoms with Gasteiger partial charge < -0.3 is 14.8 Å². The molecular formula is C21H21N3O6S. The summed E-state index contributed by atoms with van der Waals surface area (Å²) < 4.78 is 36.9. The van der Waals surface area contributed by atoms with Crippen molar-refractivity contribution in [3.63, 3.8) is 0 Å². The van der Waals surface area contributed by atoms with Crippen molar-refractivity contribution >= 4 is 21.4 Å². The number of hydrogen-bond acceptors (Lipinski definition) is 7. The molecule has 1 aromatic heterocycles. The number of aromatic nitrogens is 2. The zero-order chi connectivity index (χ0) is 22.6. The summed E-state index contributed by atoms with van der Waals surface area (Å²) in [5.74, 6) is 0.328. The number of nitrogens with zero attached hydrogens (tertiary/aromatic N) is 2. The lowest BCUT2D eigenvalue weighted by atomic mass is 10.2. The third-order valence-corrected chi connectivity index (χ3v) is 6.04. The average Bonchev–Trinajstić information content (AvgIpc) is 2.75. The molecule has 1 amide bonds. The first-order chi connectivity index (χ1) is 14.7. The van der Waals surface area contributed by atoms with Crippen LogP contribution in [0.1, 0.15) is 5.56 Å². The summed E-state index contributed by atoms with van der Waals surface area (Å²) in [6, 6.07) is 13.4. The highest BCUT2D eigenvalue weighted by molar-refractivity contribution is 7.91. The third kappa shape index (κ3) is 4.92. The van der Waals surface area contributed by atoms with E-state index in [1.807, 2.05) is 0 Å². The lowest BCUT2D eigenvalue weighted by Crippen LogP contribution is -2.30. The van der Waals surface area contributed by atoms with Gasteiger partial charge in [-0.05, 0) is 42.8 Å². The molecule has 0 radical (unpaired) electrons. The molecule has 0 aliphatic rings. The third-order valence-electron chi connectivity index (χ3n) is 4.39. The van der Waals surface area contributed by atoms with Crippen molar-refractivity contribution in [2.24, 2.45) is 0 Å². The Bertz CT molecular complexity index is 1280. The molecular weight excluding hydrogens is 422 g/mol. The molecule has 3 rings (SSSR count). The first kappa shape index (κ1) is 22.0. The Morgan fingerprint density at radius 2 is 1.84 bits per heavy atom. The molecule has 0 spiro atoms. The number of ether oxygens (including phenoxy) is 2. The fraction of sp³-hybridized carbons (Fsp3) is 0.190. The number of amides is 1. The van der Waals surface area contributed by atoms with Gasteiger partial charge in [0.15, 0.2) is 5.03 Å². The van der Waals surface area contributed by atoms with Gasteiger partial charge in [0.05, 0.1) is 24.8 Å². The molecule has 0 saturated heterocycles. The van der Waals surface area contributed by atoms with Gasteiger partial charge in [-0.15, -0.1) is 0 Å². The summed E-state index contributed by atoms with van der Waals surface area (Å²) in [5, 5.41) is 6.20. The van der Waals surface area contributed by atoms with E-state index in [9.17, 15) is 18.0 Å². The van der Waals surface area contributed by atoms with Gasteiger partial charge in [0.1, 0.15) is 18.0 Å². The van der Waals surface area contributed by atoms with Crippen LogP contribution in [-0.4, -0.2) is 38.3 Å². The van der Waals surface area contributed by atoms with Crippen LogP contribution >= 0.6 is 0 Å². The highest BCUT2D eigenvalue weighted by atomic mass is 32.2. The summed E-state index contributed by atoms with van der Waals surface area (Å²) in [5.41, 5.74) is 0.520. The molecule has 0 saturated carbocycles. The van der Waals surface area contributed by atoms with Gasteiger partial charge >= 0.3 is 0 Å². The van der Waals surface area contributed by atoms with E-state index in [1.54, 1.807) is 37.3 Å². The second kappa shape index (κ2) is 9.00. The molecule has 1 heterocycles. The predicted molar refractivity (Wildman–Crippen MR) is 113 cm³/mol. The minimum atomic E-state index is -3.95. The van der Waals surface area contributed by atoms with Crippen molar-refractivity contribution in [2.75, 3.05) is 19.5 Å². The monoisotopic (exact) mass is 443 g/mol. The van der Waals surface area contributed by atoms with E-state index in [-0.39, 0.29) is 9.92 Å².